The number of allylic oxidation sites excluding steroid dienone is 15. The third-order valence-electron chi connectivity index (χ3n) is 19.3. The van der Waals surface area contributed by atoms with Gasteiger partial charge < -0.3 is 9.80 Å². The number of benzene rings is 8. The number of fused-ring (bicyclic) bond motifs is 10. The van der Waals surface area contributed by atoms with Crippen LogP contribution < -0.4 is 9.80 Å². The van der Waals surface area contributed by atoms with Crippen LogP contribution in [-0.4, -0.2) is 0 Å². The smallest absolute Gasteiger partial charge is 0.0506 e. The molecular formula is C81H76N2. The molecule has 1 unspecified atom stereocenters. The lowest BCUT2D eigenvalue weighted by Crippen LogP contribution is -2.27. The zero-order chi connectivity index (χ0) is 57.6. The Morgan fingerprint density at radius 3 is 1.66 bits per heavy atom. The van der Waals surface area contributed by atoms with Gasteiger partial charge in [-0.15, -0.1) is 0 Å². The molecule has 2 heteroatoms. The summed E-state index contributed by atoms with van der Waals surface area (Å²) in [6, 6.07) is 64.9. The molecule has 0 bridgehead atoms. The summed E-state index contributed by atoms with van der Waals surface area (Å²) in [5.41, 5.74) is 30.2. The van der Waals surface area contributed by atoms with E-state index in [1.807, 2.05) is 19.1 Å². The molecule has 8 aromatic rings. The largest absolute Gasteiger partial charge is 0.310 e. The van der Waals surface area contributed by atoms with E-state index in [0.29, 0.717) is 0 Å². The van der Waals surface area contributed by atoms with Gasteiger partial charge in [0.15, 0.2) is 0 Å². The number of nitrogens with zero attached hydrogens (tertiary/aromatic N) is 2. The molecule has 0 saturated heterocycles. The average Bonchev–Trinajstić information content (AvgIpc) is 1.95. The maximum atomic E-state index is 4.42. The van der Waals surface area contributed by atoms with E-state index in [9.17, 15) is 0 Å². The van der Waals surface area contributed by atoms with Crippen LogP contribution in [0.1, 0.15) is 131 Å². The van der Waals surface area contributed by atoms with Gasteiger partial charge in [0.1, 0.15) is 0 Å². The molecule has 0 amide bonds. The van der Waals surface area contributed by atoms with Crippen molar-refractivity contribution in [2.24, 2.45) is 0 Å². The molecule has 410 valence electrons. The van der Waals surface area contributed by atoms with Gasteiger partial charge in [0.25, 0.3) is 0 Å². The van der Waals surface area contributed by atoms with Crippen LogP contribution >= 0.6 is 0 Å². The van der Waals surface area contributed by atoms with Crippen LogP contribution in [0.4, 0.5) is 34.1 Å². The first-order valence-electron chi connectivity index (χ1n) is 30.0. The Labute approximate surface area is 494 Å². The van der Waals surface area contributed by atoms with E-state index in [1.165, 1.54) is 100 Å². The van der Waals surface area contributed by atoms with E-state index < -0.39 is 0 Å². The van der Waals surface area contributed by atoms with Gasteiger partial charge in [0.05, 0.1) is 5.69 Å². The molecular weight excluding hydrogens is 1000 g/mol. The SMILES string of the molecule is C=C(/C=C\C=C/C)c1ccc(N(c2ccc3c(c2)C(C)(C)C2=C(C=C4C(C=C2)c2c(N(c5ccc(C/C=C\C=C/C)cc5)c5ccc6c(c5)C(C)(C)c5ccccc5-6)cccc2C4(C)C)C3)c2ccc3c(c2)C(C)(C)c2ccccc2-3)cc1. The summed E-state index contributed by atoms with van der Waals surface area (Å²) in [7, 11) is 0. The predicted octanol–water partition coefficient (Wildman–Crippen LogP) is 21.8. The molecule has 2 nitrogen and oxygen atoms in total. The maximum Gasteiger partial charge on any atom is 0.0506 e. The van der Waals surface area contributed by atoms with Crippen LogP contribution in [0.2, 0.25) is 0 Å². The Hall–Kier alpha value is -8.72. The molecule has 8 aromatic carbocycles. The van der Waals surface area contributed by atoms with Crippen molar-refractivity contribution < 1.29 is 0 Å². The molecule has 13 rings (SSSR count). The summed E-state index contributed by atoms with van der Waals surface area (Å²) >= 11 is 0. The van der Waals surface area contributed by atoms with Gasteiger partial charge in [0.2, 0.25) is 0 Å². The van der Waals surface area contributed by atoms with E-state index in [-0.39, 0.29) is 27.6 Å². The normalized spacial score (nSPS) is 17.9. The Balaban J connectivity index is 0.898. The van der Waals surface area contributed by atoms with Crippen LogP contribution in [0.25, 0.3) is 27.8 Å². The van der Waals surface area contributed by atoms with Gasteiger partial charge in [0, 0.05) is 56.0 Å². The summed E-state index contributed by atoms with van der Waals surface area (Å²) in [5, 5.41) is 0. The first-order valence-corrected chi connectivity index (χ1v) is 30.0. The van der Waals surface area contributed by atoms with Crippen molar-refractivity contribution in [2.75, 3.05) is 9.80 Å². The second kappa shape index (κ2) is 20.3. The fourth-order valence-electron chi connectivity index (χ4n) is 14.8. The Kier molecular flexibility index (Phi) is 13.1. The Morgan fingerprint density at radius 2 is 1.02 bits per heavy atom. The van der Waals surface area contributed by atoms with Crippen molar-refractivity contribution in [1.82, 2.24) is 0 Å². The number of hydrogen-bond donors (Lipinski definition) is 0. The molecule has 0 spiro atoms. The van der Waals surface area contributed by atoms with E-state index in [1.54, 1.807) is 0 Å². The fraction of sp³-hybridized carbons (Fsp3) is 0.210. The fourth-order valence-corrected chi connectivity index (χ4v) is 14.8. The molecule has 83 heavy (non-hydrogen) atoms. The quantitative estimate of drug-likeness (QED) is 0.113. The minimum atomic E-state index is -0.295. The van der Waals surface area contributed by atoms with Crippen molar-refractivity contribution in [3.05, 3.63) is 316 Å². The molecule has 1 atom stereocenters. The maximum absolute atomic E-state index is 4.42. The van der Waals surface area contributed by atoms with Gasteiger partial charge >= 0.3 is 0 Å². The first kappa shape index (κ1) is 53.6. The lowest BCUT2D eigenvalue weighted by atomic mass is 9.68. The van der Waals surface area contributed by atoms with E-state index in [0.717, 1.165) is 46.7 Å². The van der Waals surface area contributed by atoms with Crippen LogP contribution in [0.15, 0.2) is 260 Å². The van der Waals surface area contributed by atoms with Crippen molar-refractivity contribution in [3.8, 4) is 22.3 Å². The Bertz CT molecular complexity index is 4170. The topological polar surface area (TPSA) is 6.48 Å². The highest BCUT2D eigenvalue weighted by molar-refractivity contribution is 5.89. The van der Waals surface area contributed by atoms with Crippen LogP contribution in [0.3, 0.4) is 0 Å². The van der Waals surface area contributed by atoms with Gasteiger partial charge in [-0.2, -0.15) is 0 Å². The highest BCUT2D eigenvalue weighted by Gasteiger charge is 2.46. The third kappa shape index (κ3) is 8.75. The minimum absolute atomic E-state index is 0.0771. The molecule has 0 radical (unpaired) electrons. The van der Waals surface area contributed by atoms with Gasteiger partial charge in [-0.25, -0.2) is 0 Å². The lowest BCUT2D eigenvalue weighted by molar-refractivity contribution is 0.609. The number of anilines is 6. The summed E-state index contributed by atoms with van der Waals surface area (Å²) < 4.78 is 0. The van der Waals surface area contributed by atoms with Crippen molar-refractivity contribution in [3.63, 3.8) is 0 Å². The van der Waals surface area contributed by atoms with Crippen LogP contribution in [0.5, 0.6) is 0 Å². The van der Waals surface area contributed by atoms with Gasteiger partial charge in [-0.3, -0.25) is 0 Å². The molecule has 5 aliphatic rings. The Morgan fingerprint density at radius 1 is 0.494 bits per heavy atom. The molecule has 0 N–H and O–H groups in total. The van der Waals surface area contributed by atoms with Crippen LogP contribution in [-0.2, 0) is 34.5 Å². The van der Waals surface area contributed by atoms with Gasteiger partial charge in [-0.05, 0) is 194 Å². The predicted molar refractivity (Wildman–Crippen MR) is 355 cm³/mol. The minimum Gasteiger partial charge on any atom is -0.310 e. The highest BCUT2D eigenvalue weighted by atomic mass is 15.2. The van der Waals surface area contributed by atoms with Crippen LogP contribution in [0, 0.1) is 0 Å². The van der Waals surface area contributed by atoms with Crippen molar-refractivity contribution in [2.45, 2.75) is 110 Å². The summed E-state index contributed by atoms with van der Waals surface area (Å²) in [4.78, 5) is 5.03. The second-order valence-corrected chi connectivity index (χ2v) is 25.6. The molecule has 0 heterocycles. The summed E-state index contributed by atoms with van der Waals surface area (Å²) in [6.07, 6.45) is 26.2. The molecule has 0 aliphatic heterocycles. The monoisotopic (exact) mass is 1080 g/mol. The molecule has 0 saturated carbocycles. The van der Waals surface area contributed by atoms with E-state index in [2.05, 4.69) is 303 Å². The first-order chi connectivity index (χ1) is 40.0. The van der Waals surface area contributed by atoms with E-state index in [4.69, 9.17) is 0 Å². The summed E-state index contributed by atoms with van der Waals surface area (Å²) in [6.45, 7) is 27.9. The van der Waals surface area contributed by atoms with Crippen molar-refractivity contribution in [1.29, 1.82) is 0 Å². The summed E-state index contributed by atoms with van der Waals surface area (Å²) in [5.74, 6) is 0.0771. The highest BCUT2D eigenvalue weighted by Crippen LogP contribution is 2.59. The standard InChI is InChI=1S/C81H76N2/c1-12-14-16-18-25-54-32-37-59(38-33-54)83(62-43-45-66-64-27-20-22-29-70(64)80(8,9)75(66)52-62)76-31-23-30-71-77(76)67-46-47-68-57(49-73(67)81(71,10)11)48-56-36-41-60(50-72(56)78(68,4)5)82(58-39-34-55(35-40-58)53(3)24-17-15-13-2)61-42-44-65-63-26-19-21-28-69(63)79(6,7)74(65)51-61/h12-24,26-47,49-52,67H,3,25,48H2,1-2,4-11H3/b14-12-,15-13-,18-16-,24-17-. The number of rotatable bonds is 12. The zero-order valence-electron chi connectivity index (χ0n) is 50.1. The average molecular weight is 1080 g/mol. The molecule has 5 aliphatic carbocycles. The number of hydrogen-bond acceptors (Lipinski definition) is 2. The van der Waals surface area contributed by atoms with E-state index >= 15 is 0 Å². The third-order valence-corrected chi connectivity index (χ3v) is 19.3. The van der Waals surface area contributed by atoms with Crippen molar-refractivity contribution >= 4 is 39.7 Å². The lowest BCUT2D eigenvalue weighted by Gasteiger charge is -2.37. The molecule has 0 fully saturated rings. The van der Waals surface area contributed by atoms with Gasteiger partial charge in [-0.1, -0.05) is 232 Å². The zero-order valence-corrected chi connectivity index (χ0v) is 50.1. The molecule has 0 aromatic heterocycles. The second-order valence-electron chi connectivity index (χ2n) is 25.6.